The maximum atomic E-state index is 9.89. The van der Waals surface area contributed by atoms with Gasteiger partial charge in [-0.05, 0) is 28.7 Å². The van der Waals surface area contributed by atoms with Crippen molar-refractivity contribution in [3.63, 3.8) is 0 Å². The zero-order chi connectivity index (χ0) is 13.3. The van der Waals surface area contributed by atoms with Gasteiger partial charge in [-0.2, -0.15) is 5.26 Å². The van der Waals surface area contributed by atoms with E-state index in [9.17, 15) is 5.26 Å². The molecule has 19 heavy (non-hydrogen) atoms. The van der Waals surface area contributed by atoms with E-state index in [0.717, 1.165) is 19.3 Å². The van der Waals surface area contributed by atoms with Crippen LogP contribution < -0.4 is 0 Å². The van der Waals surface area contributed by atoms with E-state index < -0.39 is 5.41 Å². The van der Waals surface area contributed by atoms with E-state index in [4.69, 9.17) is 0 Å². The van der Waals surface area contributed by atoms with Crippen LogP contribution in [-0.4, -0.2) is 0 Å². The Labute approximate surface area is 114 Å². The highest BCUT2D eigenvalue weighted by Gasteiger charge is 2.42. The van der Waals surface area contributed by atoms with Crippen molar-refractivity contribution >= 4 is 0 Å². The monoisotopic (exact) mass is 247 g/mol. The fourth-order valence-electron chi connectivity index (χ4n) is 3.21. The number of nitriles is 1. The van der Waals surface area contributed by atoms with Crippen molar-refractivity contribution in [3.8, 4) is 17.2 Å². The van der Waals surface area contributed by atoms with E-state index in [-0.39, 0.29) is 0 Å². The third kappa shape index (κ3) is 1.60. The molecule has 0 aliphatic heterocycles. The van der Waals surface area contributed by atoms with Crippen LogP contribution >= 0.6 is 0 Å². The van der Waals surface area contributed by atoms with Crippen molar-refractivity contribution in [2.75, 3.05) is 0 Å². The molecule has 2 aromatic rings. The molecular formula is C18H17N. The summed E-state index contributed by atoms with van der Waals surface area (Å²) in [6, 6.07) is 19.3. The molecule has 3 rings (SSSR count). The second-order valence-corrected chi connectivity index (χ2v) is 5.21. The lowest BCUT2D eigenvalue weighted by atomic mass is 9.75. The number of unbranched alkanes of at least 4 members (excludes halogenated alkanes) is 1. The van der Waals surface area contributed by atoms with Crippen molar-refractivity contribution in [1.29, 1.82) is 5.26 Å². The number of nitrogens with zero attached hydrogens (tertiary/aromatic N) is 1. The van der Waals surface area contributed by atoms with Gasteiger partial charge in [0.25, 0.3) is 0 Å². The highest BCUT2D eigenvalue weighted by Crippen LogP contribution is 2.50. The third-order valence-electron chi connectivity index (χ3n) is 4.16. The fourth-order valence-corrected chi connectivity index (χ4v) is 3.21. The quantitative estimate of drug-likeness (QED) is 0.773. The normalized spacial score (nSPS) is 14.5. The number of hydrogen-bond donors (Lipinski definition) is 0. The van der Waals surface area contributed by atoms with Gasteiger partial charge >= 0.3 is 0 Å². The van der Waals surface area contributed by atoms with Gasteiger partial charge in [-0.1, -0.05) is 68.3 Å². The molecule has 0 amide bonds. The second kappa shape index (κ2) is 4.55. The summed E-state index contributed by atoms with van der Waals surface area (Å²) in [4.78, 5) is 0. The number of hydrogen-bond acceptors (Lipinski definition) is 1. The summed E-state index contributed by atoms with van der Waals surface area (Å²) in [6.07, 6.45) is 3.11. The molecule has 0 spiro atoms. The van der Waals surface area contributed by atoms with Gasteiger partial charge in [-0.3, -0.25) is 0 Å². The van der Waals surface area contributed by atoms with Crippen molar-refractivity contribution in [2.45, 2.75) is 31.6 Å². The molecule has 0 atom stereocenters. The molecular weight excluding hydrogens is 230 g/mol. The van der Waals surface area contributed by atoms with Crippen LogP contribution in [0.25, 0.3) is 11.1 Å². The maximum absolute atomic E-state index is 9.89. The highest BCUT2D eigenvalue weighted by atomic mass is 14.5. The molecule has 1 heteroatoms. The Hall–Kier alpha value is -2.07. The third-order valence-corrected chi connectivity index (χ3v) is 4.16. The predicted molar refractivity (Wildman–Crippen MR) is 77.8 cm³/mol. The summed E-state index contributed by atoms with van der Waals surface area (Å²) < 4.78 is 0. The van der Waals surface area contributed by atoms with E-state index in [1.165, 1.54) is 22.3 Å². The van der Waals surface area contributed by atoms with E-state index in [1.54, 1.807) is 0 Å². The highest BCUT2D eigenvalue weighted by molar-refractivity contribution is 5.82. The lowest BCUT2D eigenvalue weighted by molar-refractivity contribution is 0.566. The summed E-state index contributed by atoms with van der Waals surface area (Å²) in [6.45, 7) is 2.18. The van der Waals surface area contributed by atoms with Crippen LogP contribution in [0.15, 0.2) is 48.5 Å². The Bertz CT molecular complexity index is 603. The topological polar surface area (TPSA) is 23.8 Å². The number of benzene rings is 2. The van der Waals surface area contributed by atoms with Gasteiger partial charge in [-0.25, -0.2) is 0 Å². The molecule has 1 aliphatic rings. The standard InChI is InChI=1S/C18H17N/c1-2-3-12-18(13-19)16-10-6-4-8-14(16)15-9-5-7-11-17(15)18/h4-11H,2-3,12H2,1H3. The minimum atomic E-state index is -0.441. The number of fused-ring (bicyclic) bond motifs is 3. The van der Waals surface area contributed by atoms with E-state index >= 15 is 0 Å². The van der Waals surface area contributed by atoms with Crippen molar-refractivity contribution in [1.82, 2.24) is 0 Å². The van der Waals surface area contributed by atoms with Crippen LogP contribution in [0.4, 0.5) is 0 Å². The molecule has 2 aromatic carbocycles. The molecule has 0 heterocycles. The summed E-state index contributed by atoms with van der Waals surface area (Å²) in [5, 5.41) is 9.89. The maximum Gasteiger partial charge on any atom is 0.108 e. The molecule has 0 bridgehead atoms. The van der Waals surface area contributed by atoms with Gasteiger partial charge < -0.3 is 0 Å². The van der Waals surface area contributed by atoms with Gasteiger partial charge in [-0.15, -0.1) is 0 Å². The fraction of sp³-hybridized carbons (Fsp3) is 0.278. The van der Waals surface area contributed by atoms with E-state index in [2.05, 4.69) is 49.4 Å². The van der Waals surface area contributed by atoms with Crippen LogP contribution in [0.5, 0.6) is 0 Å². The Kier molecular flexibility index (Phi) is 2.87. The first-order valence-corrected chi connectivity index (χ1v) is 6.94. The molecule has 0 unspecified atom stereocenters. The average molecular weight is 247 g/mol. The van der Waals surface area contributed by atoms with Crippen molar-refractivity contribution in [3.05, 3.63) is 59.7 Å². The van der Waals surface area contributed by atoms with E-state index in [0.29, 0.717) is 0 Å². The Balaban J connectivity index is 2.27. The molecule has 0 saturated heterocycles. The Morgan fingerprint density at radius 1 is 0.947 bits per heavy atom. The lowest BCUT2D eigenvalue weighted by Gasteiger charge is -2.23. The molecule has 1 aliphatic carbocycles. The van der Waals surface area contributed by atoms with E-state index in [1.807, 2.05) is 12.1 Å². The Morgan fingerprint density at radius 3 is 1.95 bits per heavy atom. The van der Waals surface area contributed by atoms with Gasteiger partial charge in [0.2, 0.25) is 0 Å². The first-order chi connectivity index (χ1) is 9.33. The second-order valence-electron chi connectivity index (χ2n) is 5.21. The summed E-state index contributed by atoms with van der Waals surface area (Å²) >= 11 is 0. The SMILES string of the molecule is CCCCC1(C#N)c2ccccc2-c2ccccc21. The zero-order valence-corrected chi connectivity index (χ0v) is 11.2. The smallest absolute Gasteiger partial charge is 0.108 e. The van der Waals surface area contributed by atoms with Crippen LogP contribution in [0.3, 0.4) is 0 Å². The summed E-state index contributed by atoms with van der Waals surface area (Å²) in [5.41, 5.74) is 4.40. The number of rotatable bonds is 3. The molecule has 1 nitrogen and oxygen atoms in total. The van der Waals surface area contributed by atoms with Gasteiger partial charge in [0.05, 0.1) is 6.07 Å². The molecule has 0 fully saturated rings. The minimum Gasteiger partial charge on any atom is -0.197 e. The largest absolute Gasteiger partial charge is 0.197 e. The van der Waals surface area contributed by atoms with Gasteiger partial charge in [0.1, 0.15) is 5.41 Å². The van der Waals surface area contributed by atoms with Gasteiger partial charge in [0.15, 0.2) is 0 Å². The predicted octanol–water partition coefficient (Wildman–Crippen LogP) is 4.67. The lowest BCUT2D eigenvalue weighted by Crippen LogP contribution is -2.22. The summed E-state index contributed by atoms with van der Waals surface area (Å²) in [7, 11) is 0. The van der Waals surface area contributed by atoms with Crippen LogP contribution in [0.2, 0.25) is 0 Å². The first kappa shape index (κ1) is 12.0. The van der Waals surface area contributed by atoms with Gasteiger partial charge in [0, 0.05) is 0 Å². The molecule has 0 N–H and O–H groups in total. The molecule has 0 radical (unpaired) electrons. The zero-order valence-electron chi connectivity index (χ0n) is 11.2. The van der Waals surface area contributed by atoms with Crippen molar-refractivity contribution < 1.29 is 0 Å². The van der Waals surface area contributed by atoms with Crippen LogP contribution in [-0.2, 0) is 5.41 Å². The van der Waals surface area contributed by atoms with Crippen molar-refractivity contribution in [2.24, 2.45) is 0 Å². The first-order valence-electron chi connectivity index (χ1n) is 6.94. The molecule has 0 saturated carbocycles. The van der Waals surface area contributed by atoms with Crippen LogP contribution in [0.1, 0.15) is 37.3 Å². The average Bonchev–Trinajstić information content (AvgIpc) is 2.77. The Morgan fingerprint density at radius 2 is 1.47 bits per heavy atom. The molecule has 0 aromatic heterocycles. The minimum absolute atomic E-state index is 0.441. The summed E-state index contributed by atoms with van der Waals surface area (Å²) in [5.74, 6) is 0. The molecule has 94 valence electrons. The van der Waals surface area contributed by atoms with Crippen LogP contribution in [0, 0.1) is 11.3 Å².